The molecule has 0 unspecified atom stereocenters. The van der Waals surface area contributed by atoms with Gasteiger partial charge in [0.05, 0.1) is 16.5 Å². The van der Waals surface area contributed by atoms with Crippen molar-refractivity contribution in [3.63, 3.8) is 0 Å². The van der Waals surface area contributed by atoms with Crippen LogP contribution < -0.4 is 11.1 Å². The highest BCUT2D eigenvalue weighted by atomic mass is 32.2. The predicted octanol–water partition coefficient (Wildman–Crippen LogP) is 2.14. The van der Waals surface area contributed by atoms with Gasteiger partial charge in [-0.25, -0.2) is 4.79 Å². The number of thioether (sulfide) groups is 1. The topological polar surface area (TPSA) is 81.4 Å². The lowest BCUT2D eigenvalue weighted by atomic mass is 10.2. The minimum absolute atomic E-state index is 0.175. The Morgan fingerprint density at radius 3 is 2.79 bits per heavy atom. The second-order valence-corrected chi connectivity index (χ2v) is 5.53. The van der Waals surface area contributed by atoms with Gasteiger partial charge in [-0.05, 0) is 13.2 Å². The molecule has 5 nitrogen and oxygen atoms in total. The molecule has 104 valence electrons. The molecular formula is C12H16N2O3S2. The molecule has 0 radical (unpaired) electrons. The number of carbonyl (C=O) groups excluding carboxylic acids is 2. The number of ether oxygens (including phenoxy) is 1. The summed E-state index contributed by atoms with van der Waals surface area (Å²) in [5.41, 5.74) is 6.35. The zero-order valence-corrected chi connectivity index (χ0v) is 12.5. The Bertz CT molecular complexity index is 497. The molecule has 0 saturated carbocycles. The van der Waals surface area contributed by atoms with Gasteiger partial charge in [0.2, 0.25) is 0 Å². The summed E-state index contributed by atoms with van der Waals surface area (Å²) < 4.78 is 5.63. The average Bonchev–Trinajstić information content (AvgIpc) is 2.73. The molecule has 0 aliphatic heterocycles. The van der Waals surface area contributed by atoms with E-state index in [1.54, 1.807) is 13.0 Å². The summed E-state index contributed by atoms with van der Waals surface area (Å²) in [6.07, 6.45) is 3.39. The average molecular weight is 300 g/mol. The molecule has 7 heteroatoms. The smallest absolute Gasteiger partial charge is 0.342 e. The van der Waals surface area contributed by atoms with Gasteiger partial charge in [-0.2, -0.15) is 0 Å². The van der Waals surface area contributed by atoms with E-state index in [1.165, 1.54) is 23.1 Å². The Hall–Kier alpha value is -1.47. The maximum Gasteiger partial charge on any atom is 0.342 e. The molecule has 1 heterocycles. The van der Waals surface area contributed by atoms with Crippen LogP contribution in [0.1, 0.15) is 27.0 Å². The number of anilines is 1. The lowest BCUT2D eigenvalue weighted by molar-refractivity contribution is 0.0524. The molecule has 3 N–H and O–H groups in total. The van der Waals surface area contributed by atoms with E-state index in [1.807, 2.05) is 6.26 Å². The van der Waals surface area contributed by atoms with Gasteiger partial charge in [-0.15, -0.1) is 29.7 Å². The molecule has 0 atom stereocenters. The zero-order chi connectivity index (χ0) is 14.4. The van der Waals surface area contributed by atoms with E-state index in [2.05, 4.69) is 11.9 Å². The van der Waals surface area contributed by atoms with Crippen LogP contribution in [-0.2, 0) is 4.74 Å². The van der Waals surface area contributed by atoms with Crippen LogP contribution in [-0.4, -0.2) is 31.3 Å². The first kappa shape index (κ1) is 15.6. The summed E-state index contributed by atoms with van der Waals surface area (Å²) in [6, 6.07) is 0. The van der Waals surface area contributed by atoms with Gasteiger partial charge < -0.3 is 15.8 Å². The Kier molecular flexibility index (Phi) is 5.91. The van der Waals surface area contributed by atoms with E-state index in [9.17, 15) is 9.59 Å². The van der Waals surface area contributed by atoms with Crippen molar-refractivity contribution in [2.24, 2.45) is 0 Å². The fourth-order valence-electron chi connectivity index (χ4n) is 1.38. The lowest BCUT2D eigenvalue weighted by Gasteiger charge is -2.03. The third-order valence-electron chi connectivity index (χ3n) is 2.19. The molecule has 0 aromatic carbocycles. The summed E-state index contributed by atoms with van der Waals surface area (Å²) in [5, 5.41) is 2.64. The summed E-state index contributed by atoms with van der Waals surface area (Å²) in [6.45, 7) is 5.85. The summed E-state index contributed by atoms with van der Waals surface area (Å²) in [4.78, 5) is 24.1. The highest BCUT2D eigenvalue weighted by Gasteiger charge is 2.25. The van der Waals surface area contributed by atoms with Gasteiger partial charge >= 0.3 is 5.97 Å². The van der Waals surface area contributed by atoms with E-state index in [0.29, 0.717) is 15.6 Å². The van der Waals surface area contributed by atoms with Gasteiger partial charge in [0, 0.05) is 6.54 Å². The first-order chi connectivity index (χ1) is 9.06. The summed E-state index contributed by atoms with van der Waals surface area (Å²) in [5.74, 6) is -0.809. The normalized spacial score (nSPS) is 10.0. The molecule has 0 fully saturated rings. The van der Waals surface area contributed by atoms with Crippen molar-refractivity contribution in [2.75, 3.05) is 25.1 Å². The second-order valence-electron chi connectivity index (χ2n) is 3.43. The molecule has 1 amide bonds. The summed E-state index contributed by atoms with van der Waals surface area (Å²) in [7, 11) is 0. The van der Waals surface area contributed by atoms with Gasteiger partial charge in [-0.3, -0.25) is 4.79 Å². The molecule has 0 aliphatic carbocycles. The molecule has 0 spiro atoms. The number of esters is 1. The Balaban J connectivity index is 3.12. The molecule has 1 aromatic heterocycles. The number of nitrogens with two attached hydrogens (primary N) is 1. The molecule has 0 saturated heterocycles. The van der Waals surface area contributed by atoms with E-state index in [4.69, 9.17) is 10.5 Å². The van der Waals surface area contributed by atoms with E-state index in [-0.39, 0.29) is 23.8 Å². The van der Waals surface area contributed by atoms with Crippen molar-refractivity contribution < 1.29 is 14.3 Å². The zero-order valence-electron chi connectivity index (χ0n) is 10.8. The van der Waals surface area contributed by atoms with Crippen LogP contribution in [0.5, 0.6) is 0 Å². The van der Waals surface area contributed by atoms with E-state index < -0.39 is 5.97 Å². The maximum atomic E-state index is 11.9. The van der Waals surface area contributed by atoms with Crippen LogP contribution in [0.15, 0.2) is 16.9 Å². The van der Waals surface area contributed by atoms with Crippen molar-refractivity contribution in [3.05, 3.63) is 23.1 Å². The summed E-state index contributed by atoms with van der Waals surface area (Å²) >= 11 is 2.55. The van der Waals surface area contributed by atoms with Crippen molar-refractivity contribution in [1.82, 2.24) is 5.32 Å². The molecular weight excluding hydrogens is 284 g/mol. The standard InChI is InChI=1S/C12H16N2O3S2/c1-4-6-14-10(15)9-8(13)7(11(16)17-5-2)12(18-3)19-9/h4H,1,5-6,13H2,2-3H3,(H,14,15). The van der Waals surface area contributed by atoms with Crippen molar-refractivity contribution in [3.8, 4) is 0 Å². The van der Waals surface area contributed by atoms with Crippen LogP contribution >= 0.6 is 23.1 Å². The number of hydrogen-bond donors (Lipinski definition) is 2. The minimum Gasteiger partial charge on any atom is -0.462 e. The number of hydrogen-bond acceptors (Lipinski definition) is 6. The first-order valence-corrected chi connectivity index (χ1v) is 7.63. The van der Waals surface area contributed by atoms with Crippen LogP contribution in [0.3, 0.4) is 0 Å². The van der Waals surface area contributed by atoms with Gasteiger partial charge in [-0.1, -0.05) is 6.08 Å². The van der Waals surface area contributed by atoms with Crippen molar-refractivity contribution >= 4 is 40.7 Å². The number of rotatable bonds is 6. The number of thiophene rings is 1. The van der Waals surface area contributed by atoms with Gasteiger partial charge in [0.25, 0.3) is 5.91 Å². The Morgan fingerprint density at radius 2 is 2.26 bits per heavy atom. The third kappa shape index (κ3) is 3.51. The van der Waals surface area contributed by atoms with Gasteiger partial charge in [0.15, 0.2) is 0 Å². The largest absolute Gasteiger partial charge is 0.462 e. The minimum atomic E-state index is -0.497. The molecule has 0 bridgehead atoms. The van der Waals surface area contributed by atoms with E-state index >= 15 is 0 Å². The quantitative estimate of drug-likeness (QED) is 0.478. The van der Waals surface area contributed by atoms with Crippen molar-refractivity contribution in [2.45, 2.75) is 11.1 Å². The lowest BCUT2D eigenvalue weighted by Crippen LogP contribution is -2.23. The molecule has 19 heavy (non-hydrogen) atoms. The number of amides is 1. The highest BCUT2D eigenvalue weighted by molar-refractivity contribution is 8.00. The van der Waals surface area contributed by atoms with Crippen LogP contribution in [0.4, 0.5) is 5.69 Å². The Morgan fingerprint density at radius 1 is 1.58 bits per heavy atom. The third-order valence-corrected chi connectivity index (χ3v) is 4.51. The predicted molar refractivity (Wildman–Crippen MR) is 79.0 cm³/mol. The fourth-order valence-corrected chi connectivity index (χ4v) is 3.21. The highest BCUT2D eigenvalue weighted by Crippen LogP contribution is 2.37. The SMILES string of the molecule is C=CCNC(=O)c1sc(SC)c(C(=O)OCC)c1N. The molecule has 1 rings (SSSR count). The number of nitrogens with one attached hydrogen (secondary N) is 1. The van der Waals surface area contributed by atoms with Crippen LogP contribution in [0.2, 0.25) is 0 Å². The van der Waals surface area contributed by atoms with Crippen LogP contribution in [0, 0.1) is 0 Å². The first-order valence-electron chi connectivity index (χ1n) is 5.59. The molecule has 1 aromatic rings. The molecule has 0 aliphatic rings. The van der Waals surface area contributed by atoms with E-state index in [0.717, 1.165) is 0 Å². The maximum absolute atomic E-state index is 11.9. The van der Waals surface area contributed by atoms with Gasteiger partial charge in [0.1, 0.15) is 10.4 Å². The Labute approximate surface area is 120 Å². The van der Waals surface area contributed by atoms with Crippen molar-refractivity contribution in [1.29, 1.82) is 0 Å². The second kappa shape index (κ2) is 7.20. The monoisotopic (exact) mass is 300 g/mol. The van der Waals surface area contributed by atoms with Crippen LogP contribution in [0.25, 0.3) is 0 Å². The number of carbonyl (C=O) groups is 2. The fraction of sp³-hybridized carbons (Fsp3) is 0.333. The number of nitrogen functional groups attached to an aromatic ring is 1.